The highest BCUT2D eigenvalue weighted by molar-refractivity contribution is 5.32. The van der Waals surface area contributed by atoms with Crippen molar-refractivity contribution in [3.63, 3.8) is 0 Å². The van der Waals surface area contributed by atoms with Crippen LogP contribution in [0.5, 0.6) is 11.5 Å². The summed E-state index contributed by atoms with van der Waals surface area (Å²) in [6.45, 7) is 1.96. The monoisotopic (exact) mass is 214 g/mol. The lowest BCUT2D eigenvalue weighted by molar-refractivity contribution is 0.480. The molecule has 0 aliphatic carbocycles. The predicted molar refractivity (Wildman–Crippen MR) is 63.4 cm³/mol. The summed E-state index contributed by atoms with van der Waals surface area (Å²) in [4.78, 5) is 3.98. The van der Waals surface area contributed by atoms with Crippen LogP contribution in [-0.4, -0.2) is 4.98 Å². The maximum absolute atomic E-state index is 5.77. The largest absolute Gasteiger partial charge is 0.456 e. The summed E-state index contributed by atoms with van der Waals surface area (Å²) in [6, 6.07) is 11.5. The van der Waals surface area contributed by atoms with Crippen LogP contribution in [0.25, 0.3) is 0 Å². The summed E-state index contributed by atoms with van der Waals surface area (Å²) in [5.41, 5.74) is 6.86. The number of pyridine rings is 1. The molecule has 0 radical (unpaired) electrons. The number of ether oxygens (including phenoxy) is 1. The van der Waals surface area contributed by atoms with Gasteiger partial charge >= 0.3 is 0 Å². The van der Waals surface area contributed by atoms with E-state index in [1.807, 2.05) is 43.3 Å². The molecule has 0 saturated heterocycles. The van der Waals surface area contributed by atoms with Crippen molar-refractivity contribution in [2.75, 3.05) is 0 Å². The SMILES string of the molecule is C[C@H](N)c1ccc(Oc2cccnc2)cc1. The minimum atomic E-state index is 0.0486. The van der Waals surface area contributed by atoms with Gasteiger partial charge in [-0.15, -0.1) is 0 Å². The Hall–Kier alpha value is -1.87. The molecule has 0 fully saturated rings. The summed E-state index contributed by atoms with van der Waals surface area (Å²) < 4.78 is 5.61. The van der Waals surface area contributed by atoms with E-state index in [0.29, 0.717) is 0 Å². The van der Waals surface area contributed by atoms with Crippen molar-refractivity contribution < 1.29 is 4.74 Å². The van der Waals surface area contributed by atoms with E-state index in [9.17, 15) is 0 Å². The quantitative estimate of drug-likeness (QED) is 0.854. The standard InChI is InChI=1S/C13H14N2O/c1-10(14)11-4-6-12(7-5-11)16-13-3-2-8-15-9-13/h2-10H,14H2,1H3/t10-/m0/s1. The van der Waals surface area contributed by atoms with Gasteiger partial charge in [-0.05, 0) is 36.8 Å². The molecule has 3 heteroatoms. The maximum Gasteiger partial charge on any atom is 0.145 e. The maximum atomic E-state index is 5.77. The third-order valence-corrected chi connectivity index (χ3v) is 2.28. The van der Waals surface area contributed by atoms with Gasteiger partial charge < -0.3 is 10.5 Å². The Morgan fingerprint density at radius 2 is 1.88 bits per heavy atom. The van der Waals surface area contributed by atoms with Crippen molar-refractivity contribution in [1.82, 2.24) is 4.98 Å². The summed E-state index contributed by atoms with van der Waals surface area (Å²) in [7, 11) is 0. The lowest BCUT2D eigenvalue weighted by Crippen LogP contribution is -2.04. The summed E-state index contributed by atoms with van der Waals surface area (Å²) in [6.07, 6.45) is 3.39. The molecule has 3 nitrogen and oxygen atoms in total. The van der Waals surface area contributed by atoms with E-state index in [1.165, 1.54) is 0 Å². The highest BCUT2D eigenvalue weighted by Crippen LogP contribution is 2.21. The van der Waals surface area contributed by atoms with Crippen LogP contribution in [0, 0.1) is 0 Å². The lowest BCUT2D eigenvalue weighted by atomic mass is 10.1. The molecule has 1 heterocycles. The molecular formula is C13H14N2O. The van der Waals surface area contributed by atoms with Gasteiger partial charge in [0.2, 0.25) is 0 Å². The Labute approximate surface area is 94.9 Å². The van der Waals surface area contributed by atoms with Crippen molar-refractivity contribution >= 4 is 0 Å². The first-order valence-corrected chi connectivity index (χ1v) is 5.19. The van der Waals surface area contributed by atoms with Gasteiger partial charge in [-0.3, -0.25) is 4.98 Å². The molecule has 0 aliphatic heterocycles. The molecule has 0 unspecified atom stereocenters. The number of aromatic nitrogens is 1. The second kappa shape index (κ2) is 4.77. The molecule has 2 aromatic rings. The smallest absolute Gasteiger partial charge is 0.145 e. The zero-order valence-corrected chi connectivity index (χ0v) is 9.13. The fraction of sp³-hybridized carbons (Fsp3) is 0.154. The molecule has 82 valence electrons. The first-order valence-electron chi connectivity index (χ1n) is 5.19. The van der Waals surface area contributed by atoms with E-state index in [1.54, 1.807) is 12.4 Å². The molecule has 0 spiro atoms. The van der Waals surface area contributed by atoms with Gasteiger partial charge in [0.05, 0.1) is 6.20 Å². The van der Waals surface area contributed by atoms with Gasteiger partial charge in [0.15, 0.2) is 0 Å². The van der Waals surface area contributed by atoms with E-state index in [-0.39, 0.29) is 6.04 Å². The van der Waals surface area contributed by atoms with Crippen LogP contribution in [0.4, 0.5) is 0 Å². The van der Waals surface area contributed by atoms with Crippen molar-refractivity contribution in [2.45, 2.75) is 13.0 Å². The van der Waals surface area contributed by atoms with Crippen LogP contribution in [-0.2, 0) is 0 Å². The normalized spacial score (nSPS) is 12.1. The van der Waals surface area contributed by atoms with Crippen molar-refractivity contribution in [3.8, 4) is 11.5 Å². The Kier molecular flexibility index (Phi) is 3.17. The highest BCUT2D eigenvalue weighted by Gasteiger charge is 2.00. The molecule has 1 aromatic carbocycles. The Morgan fingerprint density at radius 3 is 2.44 bits per heavy atom. The molecule has 0 amide bonds. The average molecular weight is 214 g/mol. The van der Waals surface area contributed by atoms with Gasteiger partial charge in [0.25, 0.3) is 0 Å². The molecule has 0 aliphatic rings. The van der Waals surface area contributed by atoms with E-state index in [2.05, 4.69) is 4.98 Å². The number of rotatable bonds is 3. The minimum absolute atomic E-state index is 0.0486. The number of nitrogens with two attached hydrogens (primary N) is 1. The number of nitrogens with zero attached hydrogens (tertiary/aromatic N) is 1. The number of hydrogen-bond acceptors (Lipinski definition) is 3. The van der Waals surface area contributed by atoms with Crippen molar-refractivity contribution in [3.05, 3.63) is 54.4 Å². The first-order chi connectivity index (χ1) is 7.75. The van der Waals surface area contributed by atoms with Crippen LogP contribution in [0.3, 0.4) is 0 Å². The first kappa shape index (κ1) is 10.6. The Bertz CT molecular complexity index is 437. The Morgan fingerprint density at radius 1 is 1.12 bits per heavy atom. The molecule has 0 bridgehead atoms. The second-order valence-corrected chi connectivity index (χ2v) is 3.65. The van der Waals surface area contributed by atoms with Gasteiger partial charge in [-0.1, -0.05) is 12.1 Å². The van der Waals surface area contributed by atoms with Crippen molar-refractivity contribution in [1.29, 1.82) is 0 Å². The van der Waals surface area contributed by atoms with E-state index in [4.69, 9.17) is 10.5 Å². The fourth-order valence-corrected chi connectivity index (χ4v) is 1.38. The van der Waals surface area contributed by atoms with Gasteiger partial charge in [-0.2, -0.15) is 0 Å². The average Bonchev–Trinajstić information content (AvgIpc) is 2.31. The van der Waals surface area contributed by atoms with Crippen LogP contribution in [0.1, 0.15) is 18.5 Å². The molecule has 2 N–H and O–H groups in total. The molecular weight excluding hydrogens is 200 g/mol. The minimum Gasteiger partial charge on any atom is -0.456 e. The number of hydrogen-bond donors (Lipinski definition) is 1. The third-order valence-electron chi connectivity index (χ3n) is 2.28. The predicted octanol–water partition coefficient (Wildman–Crippen LogP) is 2.89. The summed E-state index contributed by atoms with van der Waals surface area (Å²) in [5.74, 6) is 1.52. The van der Waals surface area contributed by atoms with E-state index < -0.39 is 0 Å². The van der Waals surface area contributed by atoms with Crippen LogP contribution in [0.2, 0.25) is 0 Å². The zero-order valence-electron chi connectivity index (χ0n) is 9.13. The lowest BCUT2D eigenvalue weighted by Gasteiger charge is -2.08. The molecule has 0 saturated carbocycles. The van der Waals surface area contributed by atoms with Crippen LogP contribution >= 0.6 is 0 Å². The van der Waals surface area contributed by atoms with Gasteiger partial charge in [-0.25, -0.2) is 0 Å². The molecule has 16 heavy (non-hydrogen) atoms. The second-order valence-electron chi connectivity index (χ2n) is 3.65. The molecule has 1 aromatic heterocycles. The van der Waals surface area contributed by atoms with Gasteiger partial charge in [0, 0.05) is 12.2 Å². The molecule has 2 rings (SSSR count). The van der Waals surface area contributed by atoms with E-state index >= 15 is 0 Å². The Balaban J connectivity index is 2.11. The van der Waals surface area contributed by atoms with Gasteiger partial charge in [0.1, 0.15) is 11.5 Å². The fourth-order valence-electron chi connectivity index (χ4n) is 1.38. The van der Waals surface area contributed by atoms with Crippen LogP contribution in [0.15, 0.2) is 48.8 Å². The zero-order chi connectivity index (χ0) is 11.4. The third kappa shape index (κ3) is 2.58. The topological polar surface area (TPSA) is 48.1 Å². The molecule has 1 atom stereocenters. The van der Waals surface area contributed by atoms with Crippen molar-refractivity contribution in [2.24, 2.45) is 5.73 Å². The highest BCUT2D eigenvalue weighted by atomic mass is 16.5. The van der Waals surface area contributed by atoms with E-state index in [0.717, 1.165) is 17.1 Å². The summed E-state index contributed by atoms with van der Waals surface area (Å²) >= 11 is 0. The number of benzene rings is 1. The summed E-state index contributed by atoms with van der Waals surface area (Å²) in [5, 5.41) is 0. The van der Waals surface area contributed by atoms with Crippen LogP contribution < -0.4 is 10.5 Å².